The maximum absolute atomic E-state index is 11.0. The Morgan fingerprint density at radius 2 is 1.94 bits per heavy atom. The van der Waals surface area contributed by atoms with Gasteiger partial charge in [0.1, 0.15) is 0 Å². The molecule has 0 spiro atoms. The van der Waals surface area contributed by atoms with Crippen molar-refractivity contribution in [2.24, 2.45) is 0 Å². The summed E-state index contributed by atoms with van der Waals surface area (Å²) in [5.41, 5.74) is 0.420. The van der Waals surface area contributed by atoms with Crippen LogP contribution in [0.15, 0.2) is 28.9 Å². The van der Waals surface area contributed by atoms with Crippen LogP contribution in [0.2, 0.25) is 0 Å². The highest BCUT2D eigenvalue weighted by Gasteiger charge is 2.14. The van der Waals surface area contributed by atoms with Crippen LogP contribution in [0.25, 0.3) is 10.9 Å². The summed E-state index contributed by atoms with van der Waals surface area (Å²) < 4.78 is 1.51. The number of aromatic nitrogens is 1. The van der Waals surface area contributed by atoms with Crippen LogP contribution in [0.4, 0.5) is 4.79 Å². The van der Waals surface area contributed by atoms with Gasteiger partial charge in [-0.05, 0) is 18.2 Å². The molecule has 0 bridgehead atoms. The summed E-state index contributed by atoms with van der Waals surface area (Å²) in [4.78, 5) is 21.8. The fourth-order valence-electron chi connectivity index (χ4n) is 1.55. The van der Waals surface area contributed by atoms with Gasteiger partial charge in [-0.3, -0.25) is 4.57 Å². The minimum Gasteiger partial charge on any atom is -0.478 e. The molecule has 1 heterocycles. The van der Waals surface area contributed by atoms with E-state index in [1.54, 1.807) is 6.07 Å². The summed E-state index contributed by atoms with van der Waals surface area (Å²) in [6.45, 7) is 0. The molecule has 0 fully saturated rings. The van der Waals surface area contributed by atoms with E-state index in [9.17, 15) is 9.59 Å². The number of hydrogen-bond acceptors (Lipinski definition) is 2. The number of rotatable bonds is 1. The number of carboxylic acid groups (broad SMARTS) is 2. The van der Waals surface area contributed by atoms with Crippen molar-refractivity contribution in [1.82, 2.24) is 4.57 Å². The second-order valence-electron chi connectivity index (χ2n) is 3.16. The molecule has 0 aliphatic carbocycles. The van der Waals surface area contributed by atoms with E-state index in [1.165, 1.54) is 18.3 Å². The summed E-state index contributed by atoms with van der Waals surface area (Å²) >= 11 is 3.15. The lowest BCUT2D eigenvalue weighted by Gasteiger charge is -2.01. The highest BCUT2D eigenvalue weighted by Crippen LogP contribution is 2.25. The molecule has 5 nitrogen and oxygen atoms in total. The first-order valence-corrected chi connectivity index (χ1v) is 5.07. The zero-order valence-corrected chi connectivity index (χ0v) is 9.43. The van der Waals surface area contributed by atoms with Gasteiger partial charge in [0.05, 0.1) is 11.1 Å². The summed E-state index contributed by atoms with van der Waals surface area (Å²) in [7, 11) is 0. The monoisotopic (exact) mass is 283 g/mol. The highest BCUT2D eigenvalue weighted by molar-refractivity contribution is 9.10. The Bertz CT molecular complexity index is 602. The second kappa shape index (κ2) is 3.64. The number of carbonyl (C=O) groups is 2. The molecule has 6 heteroatoms. The smallest absolute Gasteiger partial charge is 0.416 e. The average molecular weight is 284 g/mol. The molecule has 0 amide bonds. The van der Waals surface area contributed by atoms with Gasteiger partial charge in [0, 0.05) is 16.1 Å². The average Bonchev–Trinajstić information content (AvgIpc) is 2.59. The van der Waals surface area contributed by atoms with Crippen molar-refractivity contribution in [2.45, 2.75) is 0 Å². The van der Waals surface area contributed by atoms with Crippen LogP contribution in [-0.4, -0.2) is 26.8 Å². The summed E-state index contributed by atoms with van der Waals surface area (Å²) in [6.07, 6.45) is 0.177. The van der Waals surface area contributed by atoms with Crippen molar-refractivity contribution in [2.75, 3.05) is 0 Å². The van der Waals surface area contributed by atoms with Crippen molar-refractivity contribution in [3.8, 4) is 0 Å². The van der Waals surface area contributed by atoms with Gasteiger partial charge in [-0.25, -0.2) is 9.59 Å². The quantitative estimate of drug-likeness (QED) is 0.843. The van der Waals surface area contributed by atoms with Crippen LogP contribution < -0.4 is 0 Å². The number of hydrogen-bond donors (Lipinski definition) is 2. The standard InChI is InChI=1S/C10H6BrNO4/c11-5-3-7(9(13)14)6-1-2-12(10(15)16)8(6)4-5/h1-4H,(H,13,14)(H,15,16). The van der Waals surface area contributed by atoms with E-state index in [1.807, 2.05) is 0 Å². The molecule has 0 unspecified atom stereocenters. The van der Waals surface area contributed by atoms with Crippen molar-refractivity contribution in [3.63, 3.8) is 0 Å². The van der Waals surface area contributed by atoms with E-state index in [2.05, 4.69) is 15.9 Å². The van der Waals surface area contributed by atoms with E-state index in [4.69, 9.17) is 10.2 Å². The van der Waals surface area contributed by atoms with Gasteiger partial charge in [-0.2, -0.15) is 0 Å². The first-order chi connectivity index (χ1) is 7.50. The summed E-state index contributed by atoms with van der Waals surface area (Å²) in [5.74, 6) is -1.09. The molecule has 0 radical (unpaired) electrons. The van der Waals surface area contributed by atoms with Gasteiger partial charge in [0.25, 0.3) is 0 Å². The van der Waals surface area contributed by atoms with E-state index in [-0.39, 0.29) is 5.56 Å². The Balaban J connectivity index is 2.86. The lowest BCUT2D eigenvalue weighted by molar-refractivity contribution is 0.0699. The lowest BCUT2D eigenvalue weighted by atomic mass is 10.1. The van der Waals surface area contributed by atoms with Crippen LogP contribution in [-0.2, 0) is 0 Å². The van der Waals surface area contributed by atoms with Crippen molar-refractivity contribution in [3.05, 3.63) is 34.4 Å². The third-order valence-electron chi connectivity index (χ3n) is 2.21. The molecular formula is C10H6BrNO4. The molecule has 0 aliphatic heterocycles. The maximum atomic E-state index is 11.0. The van der Waals surface area contributed by atoms with Crippen LogP contribution in [0.1, 0.15) is 10.4 Å². The van der Waals surface area contributed by atoms with E-state index in [0.29, 0.717) is 15.4 Å². The Hall–Kier alpha value is -1.82. The van der Waals surface area contributed by atoms with Gasteiger partial charge < -0.3 is 10.2 Å². The molecule has 82 valence electrons. The lowest BCUT2D eigenvalue weighted by Crippen LogP contribution is -2.06. The first-order valence-electron chi connectivity index (χ1n) is 4.28. The second-order valence-corrected chi connectivity index (χ2v) is 4.08. The molecule has 2 aromatic rings. The Morgan fingerprint density at radius 3 is 2.50 bits per heavy atom. The molecule has 1 aromatic carbocycles. The van der Waals surface area contributed by atoms with E-state index >= 15 is 0 Å². The number of benzene rings is 1. The number of nitrogens with zero attached hydrogens (tertiary/aromatic N) is 1. The fourth-order valence-corrected chi connectivity index (χ4v) is 2.00. The number of aromatic carboxylic acids is 1. The van der Waals surface area contributed by atoms with Crippen LogP contribution >= 0.6 is 15.9 Å². The van der Waals surface area contributed by atoms with Crippen molar-refractivity contribution in [1.29, 1.82) is 0 Å². The third kappa shape index (κ3) is 1.57. The van der Waals surface area contributed by atoms with Gasteiger partial charge in [0.15, 0.2) is 0 Å². The van der Waals surface area contributed by atoms with Gasteiger partial charge in [0.2, 0.25) is 0 Å². The minimum atomic E-state index is -1.15. The molecule has 2 N–H and O–H groups in total. The largest absolute Gasteiger partial charge is 0.478 e. The number of halogens is 1. The van der Waals surface area contributed by atoms with Gasteiger partial charge >= 0.3 is 12.1 Å². The predicted octanol–water partition coefficient (Wildman–Crippen LogP) is 2.63. The minimum absolute atomic E-state index is 0.0735. The fraction of sp³-hybridized carbons (Fsp3) is 0. The molecule has 16 heavy (non-hydrogen) atoms. The molecule has 0 saturated heterocycles. The van der Waals surface area contributed by atoms with E-state index < -0.39 is 12.1 Å². The van der Waals surface area contributed by atoms with Gasteiger partial charge in [-0.15, -0.1) is 0 Å². The van der Waals surface area contributed by atoms with Crippen LogP contribution in [0.3, 0.4) is 0 Å². The SMILES string of the molecule is O=C(O)c1cc(Br)cc2c1ccn2C(=O)O. The molecule has 0 atom stereocenters. The third-order valence-corrected chi connectivity index (χ3v) is 2.67. The van der Waals surface area contributed by atoms with Gasteiger partial charge in [-0.1, -0.05) is 15.9 Å². The predicted molar refractivity (Wildman–Crippen MR) is 60.0 cm³/mol. The van der Waals surface area contributed by atoms with Crippen LogP contribution in [0.5, 0.6) is 0 Å². The molecule has 0 aliphatic rings. The Labute approximate surface area is 98.0 Å². The normalized spacial score (nSPS) is 10.6. The maximum Gasteiger partial charge on any atom is 0.416 e. The summed E-state index contributed by atoms with van der Waals surface area (Å²) in [5, 5.41) is 18.3. The Morgan fingerprint density at radius 1 is 1.25 bits per heavy atom. The molecular weight excluding hydrogens is 278 g/mol. The number of carboxylic acids is 1. The highest BCUT2D eigenvalue weighted by atomic mass is 79.9. The zero-order chi connectivity index (χ0) is 11.9. The van der Waals surface area contributed by atoms with Crippen molar-refractivity contribution >= 4 is 38.9 Å². The topological polar surface area (TPSA) is 79.5 Å². The molecule has 2 rings (SSSR count). The molecule has 0 saturated carbocycles. The summed E-state index contributed by atoms with van der Waals surface area (Å²) in [6, 6.07) is 4.48. The van der Waals surface area contributed by atoms with Crippen molar-refractivity contribution < 1.29 is 19.8 Å². The van der Waals surface area contributed by atoms with E-state index in [0.717, 1.165) is 4.57 Å². The number of fused-ring (bicyclic) bond motifs is 1. The first kappa shape index (κ1) is 10.7. The van der Waals surface area contributed by atoms with Crippen LogP contribution in [0, 0.1) is 0 Å². The molecule has 1 aromatic heterocycles. The Kier molecular flexibility index (Phi) is 2.43. The zero-order valence-electron chi connectivity index (χ0n) is 7.85.